The number of fused-ring (bicyclic) bond motifs is 1. The average Bonchev–Trinajstić information content (AvgIpc) is 2.65. The van der Waals surface area contributed by atoms with E-state index in [1.807, 2.05) is 0 Å². The molecule has 3 rings (SSSR count). The van der Waals surface area contributed by atoms with Crippen molar-refractivity contribution in [3.05, 3.63) is 69.2 Å². The summed E-state index contributed by atoms with van der Waals surface area (Å²) in [6, 6.07) is 11.4. The summed E-state index contributed by atoms with van der Waals surface area (Å²) in [5.41, 5.74) is 0.470. The molecule has 0 aliphatic carbocycles. The molecular formula is C18H13Cl2N3O4. The predicted molar refractivity (Wildman–Crippen MR) is 102 cm³/mol. The molecule has 1 amide bonds. The topological polar surface area (TPSA) is 90.3 Å². The van der Waals surface area contributed by atoms with Gasteiger partial charge in [0.05, 0.1) is 27.9 Å². The molecule has 0 unspecified atom stereocenters. The Hall–Kier alpha value is -2.90. The number of nitrogens with one attached hydrogen (secondary N) is 1. The largest absolute Gasteiger partial charge is 0.454 e. The highest BCUT2D eigenvalue weighted by Gasteiger charge is 2.12. The Balaban J connectivity index is 1.60. The average molecular weight is 406 g/mol. The van der Waals surface area contributed by atoms with Gasteiger partial charge in [0.15, 0.2) is 6.61 Å². The SMILES string of the molecule is O=C(COC(=O)Cn1cnc2ccccc2c1=O)Nc1cc(Cl)ccc1Cl. The molecule has 0 saturated carbocycles. The molecule has 3 aromatic rings. The molecule has 138 valence electrons. The van der Waals surface area contributed by atoms with Gasteiger partial charge in [-0.05, 0) is 30.3 Å². The van der Waals surface area contributed by atoms with Crippen LogP contribution in [0.15, 0.2) is 53.6 Å². The number of carbonyl (C=O) groups is 2. The fourth-order valence-corrected chi connectivity index (χ4v) is 2.67. The van der Waals surface area contributed by atoms with Crippen molar-refractivity contribution < 1.29 is 14.3 Å². The van der Waals surface area contributed by atoms with Gasteiger partial charge in [-0.25, -0.2) is 4.98 Å². The molecule has 0 radical (unpaired) electrons. The van der Waals surface area contributed by atoms with Crippen molar-refractivity contribution in [2.24, 2.45) is 0 Å². The molecule has 7 nitrogen and oxygen atoms in total. The van der Waals surface area contributed by atoms with Crippen LogP contribution in [-0.2, 0) is 20.9 Å². The monoisotopic (exact) mass is 405 g/mol. The van der Waals surface area contributed by atoms with Crippen LogP contribution in [0.5, 0.6) is 0 Å². The Kier molecular flexibility index (Phi) is 5.73. The van der Waals surface area contributed by atoms with Crippen LogP contribution < -0.4 is 10.9 Å². The molecule has 2 aromatic carbocycles. The Morgan fingerprint density at radius 3 is 2.74 bits per heavy atom. The number of benzene rings is 2. The molecule has 27 heavy (non-hydrogen) atoms. The number of para-hydroxylation sites is 1. The van der Waals surface area contributed by atoms with Crippen LogP contribution in [0.3, 0.4) is 0 Å². The molecule has 1 aromatic heterocycles. The highest BCUT2D eigenvalue weighted by molar-refractivity contribution is 6.35. The Bertz CT molecular complexity index is 1080. The first-order chi connectivity index (χ1) is 12.9. The third-order valence-corrected chi connectivity index (χ3v) is 4.16. The van der Waals surface area contributed by atoms with Gasteiger partial charge in [0.25, 0.3) is 11.5 Å². The molecule has 1 N–H and O–H groups in total. The predicted octanol–water partition coefficient (Wildman–Crippen LogP) is 2.89. The second-order valence-electron chi connectivity index (χ2n) is 5.53. The third kappa shape index (κ3) is 4.64. The Morgan fingerprint density at radius 2 is 1.93 bits per heavy atom. The normalized spacial score (nSPS) is 10.6. The molecule has 0 aliphatic heterocycles. The van der Waals surface area contributed by atoms with E-state index in [1.54, 1.807) is 30.3 Å². The van der Waals surface area contributed by atoms with Crippen molar-refractivity contribution in [3.63, 3.8) is 0 Å². The van der Waals surface area contributed by atoms with Crippen LogP contribution in [0.2, 0.25) is 10.0 Å². The zero-order valence-corrected chi connectivity index (χ0v) is 15.3. The molecule has 0 saturated heterocycles. The van der Waals surface area contributed by atoms with E-state index in [9.17, 15) is 14.4 Å². The smallest absolute Gasteiger partial charge is 0.326 e. The highest BCUT2D eigenvalue weighted by atomic mass is 35.5. The summed E-state index contributed by atoms with van der Waals surface area (Å²) < 4.78 is 6.02. The van der Waals surface area contributed by atoms with Crippen LogP contribution >= 0.6 is 23.2 Å². The van der Waals surface area contributed by atoms with E-state index in [4.69, 9.17) is 27.9 Å². The van der Waals surface area contributed by atoms with E-state index in [0.29, 0.717) is 26.6 Å². The second-order valence-corrected chi connectivity index (χ2v) is 6.37. The lowest BCUT2D eigenvalue weighted by atomic mass is 10.2. The van der Waals surface area contributed by atoms with E-state index < -0.39 is 18.5 Å². The molecule has 0 spiro atoms. The number of anilines is 1. The van der Waals surface area contributed by atoms with Crippen molar-refractivity contribution in [1.29, 1.82) is 0 Å². The zero-order valence-electron chi connectivity index (χ0n) is 13.8. The van der Waals surface area contributed by atoms with Gasteiger partial charge in [-0.2, -0.15) is 0 Å². The molecule has 0 fully saturated rings. The maximum Gasteiger partial charge on any atom is 0.326 e. The molecule has 0 atom stereocenters. The number of hydrogen-bond donors (Lipinski definition) is 1. The fraction of sp³-hybridized carbons (Fsp3) is 0.111. The molecule has 9 heteroatoms. The Morgan fingerprint density at radius 1 is 1.15 bits per heavy atom. The van der Waals surface area contributed by atoms with Crippen LogP contribution in [0, 0.1) is 0 Å². The van der Waals surface area contributed by atoms with Gasteiger partial charge >= 0.3 is 5.97 Å². The number of carbonyl (C=O) groups excluding carboxylic acids is 2. The summed E-state index contributed by atoms with van der Waals surface area (Å²) >= 11 is 11.8. The van der Waals surface area contributed by atoms with Crippen molar-refractivity contribution in [1.82, 2.24) is 9.55 Å². The molecule has 0 aliphatic rings. The molecule has 1 heterocycles. The summed E-state index contributed by atoms with van der Waals surface area (Å²) in [7, 11) is 0. The van der Waals surface area contributed by atoms with E-state index in [-0.39, 0.29) is 12.1 Å². The first-order valence-corrected chi connectivity index (χ1v) is 8.54. The summed E-state index contributed by atoms with van der Waals surface area (Å²) in [6.45, 7) is -0.890. The van der Waals surface area contributed by atoms with Gasteiger partial charge in [0.1, 0.15) is 6.54 Å². The summed E-state index contributed by atoms with van der Waals surface area (Å²) in [4.78, 5) is 40.3. The van der Waals surface area contributed by atoms with Gasteiger partial charge in [-0.15, -0.1) is 0 Å². The molecule has 0 bridgehead atoms. The number of aromatic nitrogens is 2. The fourth-order valence-electron chi connectivity index (χ4n) is 2.33. The standard InChI is InChI=1S/C18H13Cl2N3O4/c19-11-5-6-13(20)15(7-11)22-16(24)9-27-17(25)8-23-10-21-14-4-2-1-3-12(14)18(23)26/h1-7,10H,8-9H2,(H,22,24). The van der Waals surface area contributed by atoms with E-state index in [1.165, 1.54) is 18.5 Å². The number of hydrogen-bond acceptors (Lipinski definition) is 5. The summed E-state index contributed by atoms with van der Waals surface area (Å²) in [5, 5.41) is 3.58. The van der Waals surface area contributed by atoms with Crippen molar-refractivity contribution in [2.45, 2.75) is 6.54 Å². The zero-order chi connectivity index (χ0) is 19.4. The lowest BCUT2D eigenvalue weighted by molar-refractivity contribution is -0.147. The van der Waals surface area contributed by atoms with E-state index in [0.717, 1.165) is 4.57 Å². The summed E-state index contributed by atoms with van der Waals surface area (Å²) in [5.74, 6) is -1.34. The quantitative estimate of drug-likeness (QED) is 0.659. The first kappa shape index (κ1) is 18.9. The first-order valence-electron chi connectivity index (χ1n) is 7.79. The number of halogens is 2. The van der Waals surface area contributed by atoms with Crippen molar-refractivity contribution in [2.75, 3.05) is 11.9 Å². The summed E-state index contributed by atoms with van der Waals surface area (Å²) in [6.07, 6.45) is 1.26. The molecular weight excluding hydrogens is 393 g/mol. The van der Waals surface area contributed by atoms with Gasteiger partial charge < -0.3 is 10.1 Å². The lowest BCUT2D eigenvalue weighted by Crippen LogP contribution is -2.28. The number of rotatable bonds is 5. The maximum absolute atomic E-state index is 12.3. The number of esters is 1. The minimum atomic E-state index is -0.749. The van der Waals surface area contributed by atoms with Gasteiger partial charge in [-0.3, -0.25) is 19.0 Å². The van der Waals surface area contributed by atoms with Crippen LogP contribution in [0.25, 0.3) is 10.9 Å². The van der Waals surface area contributed by atoms with Crippen LogP contribution in [0.4, 0.5) is 5.69 Å². The highest BCUT2D eigenvalue weighted by Crippen LogP contribution is 2.25. The number of nitrogens with zero attached hydrogens (tertiary/aromatic N) is 2. The maximum atomic E-state index is 12.3. The number of amides is 1. The van der Waals surface area contributed by atoms with Crippen molar-refractivity contribution in [3.8, 4) is 0 Å². The van der Waals surface area contributed by atoms with Crippen LogP contribution in [-0.4, -0.2) is 28.0 Å². The van der Waals surface area contributed by atoms with Crippen LogP contribution in [0.1, 0.15) is 0 Å². The van der Waals surface area contributed by atoms with E-state index in [2.05, 4.69) is 10.3 Å². The minimum absolute atomic E-state index is 0.299. The minimum Gasteiger partial charge on any atom is -0.454 e. The second kappa shape index (κ2) is 8.20. The van der Waals surface area contributed by atoms with Gasteiger partial charge in [-0.1, -0.05) is 35.3 Å². The Labute approximate surface area is 163 Å². The third-order valence-electron chi connectivity index (χ3n) is 3.60. The van der Waals surface area contributed by atoms with Crippen molar-refractivity contribution >= 4 is 51.7 Å². The lowest BCUT2D eigenvalue weighted by Gasteiger charge is -2.09. The van der Waals surface area contributed by atoms with Gasteiger partial charge in [0.2, 0.25) is 0 Å². The van der Waals surface area contributed by atoms with E-state index >= 15 is 0 Å². The van der Waals surface area contributed by atoms with Gasteiger partial charge in [0, 0.05) is 5.02 Å². The number of ether oxygens (including phenoxy) is 1.